The van der Waals surface area contributed by atoms with Crippen LogP contribution in [0.2, 0.25) is 0 Å². The van der Waals surface area contributed by atoms with Crippen LogP contribution < -0.4 is 10.1 Å². The minimum Gasteiger partial charge on any atom is -0.495 e. The fraction of sp³-hybridized carbons (Fsp3) is 0.176. The van der Waals surface area contributed by atoms with Crippen molar-refractivity contribution in [3.05, 3.63) is 52.6 Å². The smallest absolute Gasteiger partial charge is 0.298 e. The first-order chi connectivity index (χ1) is 14.0. The number of hydrogen-bond donors (Lipinski definition) is 2. The predicted octanol–water partition coefficient (Wildman–Crippen LogP) is 2.53. The van der Waals surface area contributed by atoms with Gasteiger partial charge in [0.05, 0.1) is 17.7 Å². The maximum Gasteiger partial charge on any atom is 0.298 e. The number of nitro groups is 1. The average Bonchev–Trinajstić information content (AvgIpc) is 2.67. The molecule has 0 fully saturated rings. The maximum absolute atomic E-state index is 12.5. The van der Waals surface area contributed by atoms with E-state index in [4.69, 9.17) is 9.29 Å². The van der Waals surface area contributed by atoms with E-state index in [1.54, 1.807) is 18.2 Å². The monoisotopic (exact) mass is 436 g/mol. The van der Waals surface area contributed by atoms with Crippen LogP contribution in [0.15, 0.2) is 57.6 Å². The Bertz CT molecular complexity index is 1130. The molecule has 2 rings (SSSR count). The third kappa shape index (κ3) is 5.42. The van der Waals surface area contributed by atoms with Crippen molar-refractivity contribution in [3.63, 3.8) is 0 Å². The summed E-state index contributed by atoms with van der Waals surface area (Å²) in [6.07, 6.45) is 0. The van der Waals surface area contributed by atoms with Crippen LogP contribution in [0.5, 0.6) is 5.75 Å². The molecule has 0 aliphatic rings. The Morgan fingerprint density at radius 1 is 1.23 bits per heavy atom. The summed E-state index contributed by atoms with van der Waals surface area (Å²) in [5, 5.41) is 20.8. The molecule has 158 valence electrons. The van der Waals surface area contributed by atoms with E-state index < -0.39 is 49.0 Å². The van der Waals surface area contributed by atoms with Crippen molar-refractivity contribution >= 4 is 38.9 Å². The molecular formula is C17H16N4O8S. The Kier molecular flexibility index (Phi) is 6.92. The van der Waals surface area contributed by atoms with Gasteiger partial charge in [-0.1, -0.05) is 12.1 Å². The molecule has 0 aliphatic carbocycles. The zero-order chi connectivity index (χ0) is 22.5. The van der Waals surface area contributed by atoms with Gasteiger partial charge in [-0.25, -0.2) is 0 Å². The summed E-state index contributed by atoms with van der Waals surface area (Å²) in [7, 11) is -3.29. The highest BCUT2D eigenvalue weighted by atomic mass is 32.2. The van der Waals surface area contributed by atoms with Crippen LogP contribution in [0.3, 0.4) is 0 Å². The van der Waals surface area contributed by atoms with Gasteiger partial charge in [0.1, 0.15) is 10.6 Å². The van der Waals surface area contributed by atoms with Crippen LogP contribution in [-0.4, -0.2) is 42.7 Å². The zero-order valence-corrected chi connectivity index (χ0v) is 16.5. The summed E-state index contributed by atoms with van der Waals surface area (Å²) < 4.78 is 36.4. The molecule has 0 heterocycles. The number of ether oxygens (including phenoxy) is 1. The predicted molar refractivity (Wildman–Crippen MR) is 104 cm³/mol. The summed E-state index contributed by atoms with van der Waals surface area (Å²) in [4.78, 5) is 33.9. The molecule has 1 unspecified atom stereocenters. The molecule has 0 aromatic heterocycles. The molecule has 2 N–H and O–H groups in total. The summed E-state index contributed by atoms with van der Waals surface area (Å²) >= 11 is 0. The fourth-order valence-electron chi connectivity index (χ4n) is 2.28. The van der Waals surface area contributed by atoms with Crippen molar-refractivity contribution in [1.29, 1.82) is 0 Å². The second-order valence-corrected chi connectivity index (χ2v) is 7.22. The van der Waals surface area contributed by atoms with Crippen LogP contribution >= 0.6 is 0 Å². The number of nitro benzene ring substituents is 1. The lowest BCUT2D eigenvalue weighted by molar-refractivity contribution is -0.384. The molecule has 30 heavy (non-hydrogen) atoms. The van der Waals surface area contributed by atoms with E-state index in [0.717, 1.165) is 19.1 Å². The second kappa shape index (κ2) is 9.19. The van der Waals surface area contributed by atoms with Gasteiger partial charge in [0.2, 0.25) is 6.04 Å². The van der Waals surface area contributed by atoms with Crippen molar-refractivity contribution in [1.82, 2.24) is 0 Å². The molecule has 0 radical (unpaired) electrons. The summed E-state index contributed by atoms with van der Waals surface area (Å²) in [5.41, 5.74) is -0.931. The molecule has 0 saturated carbocycles. The number of para-hydroxylation sites is 2. The van der Waals surface area contributed by atoms with Crippen molar-refractivity contribution < 1.29 is 32.2 Å². The minimum absolute atomic E-state index is 0.273. The van der Waals surface area contributed by atoms with Gasteiger partial charge in [0.15, 0.2) is 11.5 Å². The summed E-state index contributed by atoms with van der Waals surface area (Å²) in [6, 6.07) is 7.16. The van der Waals surface area contributed by atoms with Gasteiger partial charge in [-0.15, -0.1) is 5.11 Å². The molecule has 1 atom stereocenters. The van der Waals surface area contributed by atoms with E-state index in [0.29, 0.717) is 11.8 Å². The molecule has 12 nitrogen and oxygen atoms in total. The van der Waals surface area contributed by atoms with Crippen LogP contribution in [0.1, 0.15) is 6.92 Å². The molecule has 0 saturated heterocycles. The fourth-order valence-corrected chi connectivity index (χ4v) is 2.78. The van der Waals surface area contributed by atoms with Gasteiger partial charge in [0, 0.05) is 6.07 Å². The molecule has 2 aromatic rings. The topological polar surface area (TPSA) is 178 Å². The van der Waals surface area contributed by atoms with Gasteiger partial charge in [0.25, 0.3) is 21.7 Å². The Morgan fingerprint density at radius 2 is 1.90 bits per heavy atom. The van der Waals surface area contributed by atoms with Crippen molar-refractivity contribution in [2.75, 3.05) is 12.4 Å². The second-order valence-electron chi connectivity index (χ2n) is 5.80. The first-order valence-electron chi connectivity index (χ1n) is 8.15. The largest absolute Gasteiger partial charge is 0.495 e. The zero-order valence-electron chi connectivity index (χ0n) is 15.7. The van der Waals surface area contributed by atoms with Gasteiger partial charge in [-0.2, -0.15) is 13.5 Å². The van der Waals surface area contributed by atoms with Gasteiger partial charge in [-0.05, 0) is 31.2 Å². The first-order valence-corrected chi connectivity index (χ1v) is 9.59. The molecule has 1 amide bonds. The Balaban J connectivity index is 2.36. The number of carbonyl (C=O) groups excluding carboxylic acids is 2. The molecule has 0 spiro atoms. The number of nitrogens with zero attached hydrogens (tertiary/aromatic N) is 3. The normalized spacial score (nSPS) is 12.4. The number of ketones is 1. The number of anilines is 1. The minimum atomic E-state index is -4.68. The van der Waals surface area contributed by atoms with Gasteiger partial charge >= 0.3 is 0 Å². The Hall–Kier alpha value is -3.71. The SMILES string of the molecule is COc1ccccc1NC(=O)C(N=Nc1ccc(S(=O)(=O)O)cc1[N+](=O)[O-])C(C)=O. The molecule has 13 heteroatoms. The Labute approximate surface area is 170 Å². The molecular weight excluding hydrogens is 420 g/mol. The third-order valence-electron chi connectivity index (χ3n) is 3.72. The highest BCUT2D eigenvalue weighted by Gasteiger charge is 2.25. The average molecular weight is 436 g/mol. The number of carbonyl (C=O) groups is 2. The van der Waals surface area contributed by atoms with Crippen LogP contribution in [-0.2, 0) is 19.7 Å². The number of benzene rings is 2. The Morgan fingerprint density at radius 3 is 2.47 bits per heavy atom. The van der Waals surface area contributed by atoms with E-state index in [2.05, 4.69) is 15.5 Å². The maximum atomic E-state index is 12.5. The molecule has 0 bridgehead atoms. The summed E-state index contributed by atoms with van der Waals surface area (Å²) in [6.45, 7) is 1.08. The van der Waals surface area contributed by atoms with Crippen molar-refractivity contribution in [2.24, 2.45) is 10.2 Å². The van der Waals surface area contributed by atoms with E-state index >= 15 is 0 Å². The van der Waals surface area contributed by atoms with Crippen LogP contribution in [0, 0.1) is 10.1 Å². The van der Waals surface area contributed by atoms with E-state index in [1.165, 1.54) is 13.2 Å². The highest BCUT2D eigenvalue weighted by Crippen LogP contribution is 2.30. The standard InChI is InChI=1S/C17H16N4O8S/c1-10(22)16(17(23)18-13-5-3-4-6-15(13)29-2)20-19-12-8-7-11(30(26,27)28)9-14(12)21(24)25/h3-9,16H,1-2H3,(H,18,23)(H,26,27,28). The molecule has 0 aliphatic heterocycles. The van der Waals surface area contributed by atoms with Gasteiger partial charge < -0.3 is 10.1 Å². The third-order valence-corrected chi connectivity index (χ3v) is 4.57. The lowest BCUT2D eigenvalue weighted by atomic mass is 10.2. The number of Topliss-reactive ketones (excluding diaryl/α,β-unsaturated/α-hetero) is 1. The molecule has 2 aromatic carbocycles. The lowest BCUT2D eigenvalue weighted by Gasteiger charge is -2.12. The first kappa shape index (κ1) is 22.6. The summed E-state index contributed by atoms with van der Waals surface area (Å²) in [5.74, 6) is -1.21. The number of methoxy groups -OCH3 is 1. The quantitative estimate of drug-likeness (QED) is 0.208. The number of rotatable bonds is 8. The lowest BCUT2D eigenvalue weighted by Crippen LogP contribution is -2.31. The van der Waals surface area contributed by atoms with E-state index in [1.807, 2.05) is 0 Å². The highest BCUT2D eigenvalue weighted by molar-refractivity contribution is 7.85. The number of hydrogen-bond acceptors (Lipinski definition) is 9. The number of azo groups is 1. The van der Waals surface area contributed by atoms with Crippen molar-refractivity contribution in [3.8, 4) is 5.75 Å². The number of amides is 1. The van der Waals surface area contributed by atoms with E-state index in [9.17, 15) is 28.1 Å². The van der Waals surface area contributed by atoms with Crippen LogP contribution in [0.25, 0.3) is 0 Å². The van der Waals surface area contributed by atoms with E-state index in [-0.39, 0.29) is 5.69 Å². The van der Waals surface area contributed by atoms with Gasteiger partial charge in [-0.3, -0.25) is 24.3 Å². The van der Waals surface area contributed by atoms with Crippen molar-refractivity contribution in [2.45, 2.75) is 17.9 Å². The number of nitrogens with one attached hydrogen (secondary N) is 1. The van der Waals surface area contributed by atoms with Crippen LogP contribution in [0.4, 0.5) is 17.1 Å².